The first-order chi connectivity index (χ1) is 11.7. The van der Waals surface area contributed by atoms with Gasteiger partial charge in [-0.1, -0.05) is 48.5 Å². The third-order valence-corrected chi connectivity index (χ3v) is 4.41. The number of amides is 2. The maximum Gasteiger partial charge on any atom is 0.253 e. The van der Waals surface area contributed by atoms with Crippen LogP contribution in [0.5, 0.6) is 0 Å². The molecule has 24 heavy (non-hydrogen) atoms. The second-order valence-corrected chi connectivity index (χ2v) is 6.02. The van der Waals surface area contributed by atoms with Crippen LogP contribution in [0.1, 0.15) is 22.3 Å². The molecule has 0 aliphatic carbocycles. The molecule has 1 aliphatic rings. The van der Waals surface area contributed by atoms with Crippen LogP contribution in [0.2, 0.25) is 0 Å². The Balaban J connectivity index is 1.48. The van der Waals surface area contributed by atoms with E-state index in [2.05, 4.69) is 0 Å². The van der Waals surface area contributed by atoms with Gasteiger partial charge in [0.15, 0.2) is 0 Å². The van der Waals surface area contributed by atoms with Gasteiger partial charge < -0.3 is 9.80 Å². The predicted octanol–water partition coefficient (Wildman–Crippen LogP) is 2.60. The molecule has 1 fully saturated rings. The SMILES string of the molecule is O=C(CCc1ccccc1)N1CCN(C(=O)c2ccccc2)CC1. The standard InChI is InChI=1S/C20H22N2O2/c23-19(12-11-17-7-3-1-4-8-17)21-13-15-22(16-14-21)20(24)18-9-5-2-6-10-18/h1-10H,11-16H2. The molecule has 2 aromatic carbocycles. The Morgan fingerprint density at radius 3 is 1.92 bits per heavy atom. The van der Waals surface area contributed by atoms with E-state index in [1.807, 2.05) is 70.5 Å². The summed E-state index contributed by atoms with van der Waals surface area (Å²) in [5.74, 6) is 0.220. The normalized spacial score (nSPS) is 14.5. The summed E-state index contributed by atoms with van der Waals surface area (Å²) in [6, 6.07) is 19.4. The van der Waals surface area contributed by atoms with Gasteiger partial charge in [-0.3, -0.25) is 9.59 Å². The van der Waals surface area contributed by atoms with Gasteiger partial charge in [0, 0.05) is 38.2 Å². The highest BCUT2D eigenvalue weighted by Crippen LogP contribution is 2.11. The van der Waals surface area contributed by atoms with Gasteiger partial charge in [-0.15, -0.1) is 0 Å². The molecule has 0 aromatic heterocycles. The molecule has 0 N–H and O–H groups in total. The van der Waals surface area contributed by atoms with Gasteiger partial charge in [-0.25, -0.2) is 0 Å². The number of benzene rings is 2. The van der Waals surface area contributed by atoms with E-state index in [4.69, 9.17) is 0 Å². The summed E-state index contributed by atoms with van der Waals surface area (Å²) in [6.45, 7) is 2.44. The van der Waals surface area contributed by atoms with E-state index in [9.17, 15) is 9.59 Å². The first-order valence-corrected chi connectivity index (χ1v) is 8.40. The van der Waals surface area contributed by atoms with Crippen LogP contribution in [0, 0.1) is 0 Å². The van der Waals surface area contributed by atoms with Crippen LogP contribution in [0.25, 0.3) is 0 Å². The lowest BCUT2D eigenvalue weighted by Crippen LogP contribution is -2.50. The highest BCUT2D eigenvalue weighted by molar-refractivity contribution is 5.94. The fourth-order valence-electron chi connectivity index (χ4n) is 2.98. The summed E-state index contributed by atoms with van der Waals surface area (Å²) < 4.78 is 0. The van der Waals surface area contributed by atoms with Crippen molar-refractivity contribution < 1.29 is 9.59 Å². The van der Waals surface area contributed by atoms with Gasteiger partial charge in [-0.2, -0.15) is 0 Å². The minimum absolute atomic E-state index is 0.0481. The molecule has 124 valence electrons. The first kappa shape index (κ1) is 16.2. The summed E-state index contributed by atoms with van der Waals surface area (Å²) in [4.78, 5) is 28.5. The minimum atomic E-state index is 0.0481. The Kier molecular flexibility index (Phi) is 5.26. The third kappa shape index (κ3) is 4.02. The maximum atomic E-state index is 12.4. The number of nitrogens with zero attached hydrogens (tertiary/aromatic N) is 2. The molecule has 1 heterocycles. The summed E-state index contributed by atoms with van der Waals surface area (Å²) in [7, 11) is 0. The van der Waals surface area contributed by atoms with Crippen molar-refractivity contribution >= 4 is 11.8 Å². The zero-order valence-electron chi connectivity index (χ0n) is 13.7. The second kappa shape index (κ2) is 7.77. The fourth-order valence-corrected chi connectivity index (χ4v) is 2.98. The number of hydrogen-bond acceptors (Lipinski definition) is 2. The molecule has 0 saturated carbocycles. The Morgan fingerprint density at radius 2 is 1.29 bits per heavy atom. The van der Waals surface area contributed by atoms with Crippen molar-refractivity contribution in [3.05, 3.63) is 71.8 Å². The average Bonchev–Trinajstić information content (AvgIpc) is 2.67. The van der Waals surface area contributed by atoms with Gasteiger partial charge >= 0.3 is 0 Å². The Bertz CT molecular complexity index is 677. The minimum Gasteiger partial charge on any atom is -0.339 e. The van der Waals surface area contributed by atoms with Gasteiger partial charge in [0.25, 0.3) is 5.91 Å². The molecule has 0 atom stereocenters. The highest BCUT2D eigenvalue weighted by Gasteiger charge is 2.24. The first-order valence-electron chi connectivity index (χ1n) is 8.40. The summed E-state index contributed by atoms with van der Waals surface area (Å²) >= 11 is 0. The lowest BCUT2D eigenvalue weighted by Gasteiger charge is -2.35. The largest absolute Gasteiger partial charge is 0.339 e. The van der Waals surface area contributed by atoms with E-state index in [0.29, 0.717) is 38.2 Å². The van der Waals surface area contributed by atoms with E-state index in [-0.39, 0.29) is 11.8 Å². The summed E-state index contributed by atoms with van der Waals surface area (Å²) in [6.07, 6.45) is 1.29. The lowest BCUT2D eigenvalue weighted by atomic mass is 10.1. The van der Waals surface area contributed by atoms with Crippen LogP contribution in [-0.4, -0.2) is 47.8 Å². The number of carbonyl (C=O) groups is 2. The Hall–Kier alpha value is -2.62. The molecule has 4 nitrogen and oxygen atoms in total. The van der Waals surface area contributed by atoms with E-state index in [0.717, 1.165) is 6.42 Å². The van der Waals surface area contributed by atoms with Crippen LogP contribution < -0.4 is 0 Å². The van der Waals surface area contributed by atoms with E-state index in [1.165, 1.54) is 5.56 Å². The topological polar surface area (TPSA) is 40.6 Å². The fraction of sp³-hybridized carbons (Fsp3) is 0.300. The highest BCUT2D eigenvalue weighted by atomic mass is 16.2. The van der Waals surface area contributed by atoms with E-state index < -0.39 is 0 Å². The predicted molar refractivity (Wildman–Crippen MR) is 93.7 cm³/mol. The van der Waals surface area contributed by atoms with Gasteiger partial charge in [0.2, 0.25) is 5.91 Å². The smallest absolute Gasteiger partial charge is 0.253 e. The molecule has 2 aromatic rings. The molecule has 4 heteroatoms. The van der Waals surface area contributed by atoms with Crippen LogP contribution in [0.4, 0.5) is 0 Å². The van der Waals surface area contributed by atoms with Crippen LogP contribution in [0.15, 0.2) is 60.7 Å². The number of carbonyl (C=O) groups excluding carboxylic acids is 2. The quantitative estimate of drug-likeness (QED) is 0.868. The monoisotopic (exact) mass is 322 g/mol. The molecule has 2 amide bonds. The number of rotatable bonds is 4. The van der Waals surface area contributed by atoms with Crippen molar-refractivity contribution in [2.75, 3.05) is 26.2 Å². The molecule has 3 rings (SSSR count). The molecular weight excluding hydrogens is 300 g/mol. The van der Waals surface area contributed by atoms with Crippen molar-refractivity contribution in [3.8, 4) is 0 Å². The van der Waals surface area contributed by atoms with Gasteiger partial charge in [-0.05, 0) is 24.1 Å². The van der Waals surface area contributed by atoms with Gasteiger partial charge in [0.1, 0.15) is 0 Å². The molecular formula is C20H22N2O2. The zero-order chi connectivity index (χ0) is 16.8. The number of aryl methyl sites for hydroxylation is 1. The Labute approximate surface area is 142 Å². The third-order valence-electron chi connectivity index (χ3n) is 4.41. The van der Waals surface area contributed by atoms with Gasteiger partial charge in [0.05, 0.1) is 0 Å². The van der Waals surface area contributed by atoms with Crippen LogP contribution >= 0.6 is 0 Å². The average molecular weight is 322 g/mol. The number of piperazine rings is 1. The van der Waals surface area contributed by atoms with Crippen molar-refractivity contribution in [1.29, 1.82) is 0 Å². The lowest BCUT2D eigenvalue weighted by molar-refractivity contribution is -0.132. The molecule has 0 bridgehead atoms. The number of hydrogen-bond donors (Lipinski definition) is 0. The van der Waals surface area contributed by atoms with Crippen molar-refractivity contribution in [2.24, 2.45) is 0 Å². The molecule has 0 spiro atoms. The molecule has 1 aliphatic heterocycles. The Morgan fingerprint density at radius 1 is 0.750 bits per heavy atom. The molecule has 0 radical (unpaired) electrons. The zero-order valence-corrected chi connectivity index (χ0v) is 13.7. The molecule has 0 unspecified atom stereocenters. The van der Waals surface area contributed by atoms with Crippen molar-refractivity contribution in [1.82, 2.24) is 9.80 Å². The van der Waals surface area contributed by atoms with E-state index >= 15 is 0 Å². The van der Waals surface area contributed by atoms with Crippen LogP contribution in [-0.2, 0) is 11.2 Å². The van der Waals surface area contributed by atoms with Crippen LogP contribution in [0.3, 0.4) is 0 Å². The van der Waals surface area contributed by atoms with E-state index in [1.54, 1.807) is 0 Å². The van der Waals surface area contributed by atoms with Crippen molar-refractivity contribution in [3.63, 3.8) is 0 Å². The maximum absolute atomic E-state index is 12.4. The summed E-state index contributed by atoms with van der Waals surface area (Å²) in [5, 5.41) is 0. The second-order valence-electron chi connectivity index (χ2n) is 6.02. The summed E-state index contributed by atoms with van der Waals surface area (Å²) in [5.41, 5.74) is 1.89. The molecule has 1 saturated heterocycles. The van der Waals surface area contributed by atoms with Crippen molar-refractivity contribution in [2.45, 2.75) is 12.8 Å².